The largest absolute Gasteiger partial charge is 0.399 e. The average Bonchev–Trinajstić information content (AvgIpc) is 2.73. The molecule has 1 aliphatic rings. The topological polar surface area (TPSA) is 58.5 Å². The standard InChI is InChI=1S/C19H26N4.4ClH/c1-14-12-16(20)4-6-18(14)22-8-3-9-23(11-10-22)19-7-5-17(21)13-15(19)2;;;;/h4-7,12-13H,3,8-11,20-21H2,1-2H3;4*1H. The Hall–Kier alpha value is -1.20. The van der Waals surface area contributed by atoms with Crippen molar-refractivity contribution in [3.05, 3.63) is 47.5 Å². The number of hydrogen-bond donors (Lipinski definition) is 2. The molecule has 1 saturated heterocycles. The molecule has 0 bridgehead atoms. The van der Waals surface area contributed by atoms with Crippen molar-refractivity contribution in [3.63, 3.8) is 0 Å². The number of nitrogen functional groups attached to an aromatic ring is 2. The Bertz CT molecular complexity index is 653. The van der Waals surface area contributed by atoms with Gasteiger partial charge in [-0.25, -0.2) is 0 Å². The Morgan fingerprint density at radius 1 is 0.630 bits per heavy atom. The fourth-order valence-corrected chi connectivity index (χ4v) is 3.47. The molecule has 154 valence electrons. The van der Waals surface area contributed by atoms with Gasteiger partial charge in [-0.1, -0.05) is 0 Å². The monoisotopic (exact) mass is 454 g/mol. The van der Waals surface area contributed by atoms with Crippen LogP contribution >= 0.6 is 49.6 Å². The Morgan fingerprint density at radius 2 is 1.00 bits per heavy atom. The highest BCUT2D eigenvalue weighted by atomic mass is 35.5. The summed E-state index contributed by atoms with van der Waals surface area (Å²) in [6.45, 7) is 8.48. The SMILES string of the molecule is Cc1cc(N)ccc1N1CCCN(c2ccc(N)cc2C)CC1.Cl.Cl.Cl.Cl. The summed E-state index contributed by atoms with van der Waals surface area (Å²) in [4.78, 5) is 4.95. The van der Waals surface area contributed by atoms with E-state index in [-0.39, 0.29) is 49.6 Å². The summed E-state index contributed by atoms with van der Waals surface area (Å²) in [5.41, 5.74) is 18.5. The summed E-state index contributed by atoms with van der Waals surface area (Å²) in [7, 11) is 0. The third kappa shape index (κ3) is 6.72. The van der Waals surface area contributed by atoms with E-state index in [0.717, 1.165) is 44.0 Å². The first kappa shape index (κ1) is 28.0. The molecule has 0 spiro atoms. The molecule has 0 amide bonds. The van der Waals surface area contributed by atoms with Gasteiger partial charge in [0.1, 0.15) is 0 Å². The van der Waals surface area contributed by atoms with Crippen molar-refractivity contribution < 1.29 is 0 Å². The lowest BCUT2D eigenvalue weighted by Gasteiger charge is -2.27. The Kier molecular flexibility index (Phi) is 12.8. The number of hydrogen-bond acceptors (Lipinski definition) is 4. The number of nitrogens with two attached hydrogens (primary N) is 2. The van der Waals surface area contributed by atoms with Crippen LogP contribution in [0.15, 0.2) is 36.4 Å². The third-order valence-electron chi connectivity index (χ3n) is 4.62. The molecule has 27 heavy (non-hydrogen) atoms. The first-order valence-electron chi connectivity index (χ1n) is 8.27. The first-order chi connectivity index (χ1) is 11.0. The van der Waals surface area contributed by atoms with Gasteiger partial charge < -0.3 is 21.3 Å². The maximum absolute atomic E-state index is 5.88. The van der Waals surface area contributed by atoms with Gasteiger partial charge in [0.2, 0.25) is 0 Å². The van der Waals surface area contributed by atoms with Gasteiger partial charge in [-0.2, -0.15) is 0 Å². The summed E-state index contributed by atoms with van der Waals surface area (Å²) >= 11 is 0. The lowest BCUT2D eigenvalue weighted by molar-refractivity contribution is 0.804. The maximum Gasteiger partial charge on any atom is 0.0398 e. The summed E-state index contributed by atoms with van der Waals surface area (Å²) < 4.78 is 0. The summed E-state index contributed by atoms with van der Waals surface area (Å²) in [6, 6.07) is 12.4. The minimum absolute atomic E-state index is 0. The van der Waals surface area contributed by atoms with Gasteiger partial charge >= 0.3 is 0 Å². The zero-order chi connectivity index (χ0) is 16.4. The average molecular weight is 456 g/mol. The van der Waals surface area contributed by atoms with E-state index in [2.05, 4.69) is 47.9 Å². The van der Waals surface area contributed by atoms with Crippen LogP contribution in [0.1, 0.15) is 17.5 Å². The lowest BCUT2D eigenvalue weighted by atomic mass is 10.1. The van der Waals surface area contributed by atoms with Crippen molar-refractivity contribution >= 4 is 72.4 Å². The van der Waals surface area contributed by atoms with Crippen molar-refractivity contribution in [2.24, 2.45) is 0 Å². The van der Waals surface area contributed by atoms with Gasteiger partial charge in [0.05, 0.1) is 0 Å². The molecule has 1 fully saturated rings. The van der Waals surface area contributed by atoms with E-state index >= 15 is 0 Å². The maximum atomic E-state index is 5.88. The van der Waals surface area contributed by atoms with E-state index < -0.39 is 0 Å². The molecule has 8 heteroatoms. The van der Waals surface area contributed by atoms with E-state index in [1.54, 1.807) is 0 Å². The predicted molar refractivity (Wildman–Crippen MR) is 129 cm³/mol. The molecule has 0 aliphatic carbocycles. The van der Waals surface area contributed by atoms with E-state index in [9.17, 15) is 0 Å². The van der Waals surface area contributed by atoms with Gasteiger partial charge in [0.25, 0.3) is 0 Å². The second-order valence-corrected chi connectivity index (χ2v) is 6.42. The highest BCUT2D eigenvalue weighted by molar-refractivity contribution is 5.86. The molecule has 4 N–H and O–H groups in total. The van der Waals surface area contributed by atoms with Crippen LogP contribution < -0.4 is 21.3 Å². The van der Waals surface area contributed by atoms with Gasteiger partial charge in [-0.15, -0.1) is 49.6 Å². The highest BCUT2D eigenvalue weighted by Gasteiger charge is 2.18. The zero-order valence-electron chi connectivity index (χ0n) is 15.7. The Balaban J connectivity index is 0. The van der Waals surface area contributed by atoms with Crippen molar-refractivity contribution in [2.75, 3.05) is 47.4 Å². The quantitative estimate of drug-likeness (QED) is 0.634. The molecule has 0 saturated carbocycles. The summed E-state index contributed by atoms with van der Waals surface area (Å²) in [6.07, 6.45) is 1.15. The predicted octanol–water partition coefficient (Wildman–Crippen LogP) is 4.87. The number of aryl methyl sites for hydroxylation is 2. The molecule has 0 unspecified atom stereocenters. The summed E-state index contributed by atoms with van der Waals surface area (Å²) in [5.74, 6) is 0. The van der Waals surface area contributed by atoms with E-state index in [1.807, 2.05) is 12.1 Å². The number of rotatable bonds is 2. The van der Waals surface area contributed by atoms with Crippen LogP contribution in [0.5, 0.6) is 0 Å². The summed E-state index contributed by atoms with van der Waals surface area (Å²) in [5, 5.41) is 0. The molecular formula is C19H30Cl4N4. The Morgan fingerprint density at radius 3 is 1.33 bits per heavy atom. The highest BCUT2D eigenvalue weighted by Crippen LogP contribution is 2.27. The molecule has 0 aromatic heterocycles. The lowest BCUT2D eigenvalue weighted by Crippen LogP contribution is -2.31. The molecule has 2 aromatic carbocycles. The van der Waals surface area contributed by atoms with Crippen LogP contribution in [0.4, 0.5) is 22.7 Å². The molecule has 0 radical (unpaired) electrons. The third-order valence-corrected chi connectivity index (χ3v) is 4.62. The molecular weight excluding hydrogens is 426 g/mol. The molecule has 1 aliphatic heterocycles. The molecule has 3 rings (SSSR count). The smallest absolute Gasteiger partial charge is 0.0398 e. The zero-order valence-corrected chi connectivity index (χ0v) is 18.9. The van der Waals surface area contributed by atoms with Crippen molar-refractivity contribution in [3.8, 4) is 0 Å². The van der Waals surface area contributed by atoms with Crippen LogP contribution in [0.2, 0.25) is 0 Å². The molecule has 0 atom stereocenters. The van der Waals surface area contributed by atoms with Crippen LogP contribution in [-0.2, 0) is 0 Å². The van der Waals surface area contributed by atoms with Crippen molar-refractivity contribution in [1.82, 2.24) is 0 Å². The van der Waals surface area contributed by atoms with Crippen molar-refractivity contribution in [1.29, 1.82) is 0 Å². The Labute approximate surface area is 187 Å². The second-order valence-electron chi connectivity index (χ2n) is 6.42. The second kappa shape index (κ2) is 12.3. The van der Waals surface area contributed by atoms with E-state index in [4.69, 9.17) is 11.5 Å². The van der Waals surface area contributed by atoms with Crippen LogP contribution in [0.25, 0.3) is 0 Å². The van der Waals surface area contributed by atoms with Gasteiger partial charge in [0, 0.05) is 48.9 Å². The van der Waals surface area contributed by atoms with Crippen LogP contribution in [0, 0.1) is 13.8 Å². The fraction of sp³-hybridized carbons (Fsp3) is 0.368. The number of halogens is 4. The van der Waals surface area contributed by atoms with E-state index in [0.29, 0.717) is 0 Å². The molecule has 1 heterocycles. The molecule has 2 aromatic rings. The fourth-order valence-electron chi connectivity index (χ4n) is 3.47. The number of benzene rings is 2. The molecule has 4 nitrogen and oxygen atoms in total. The van der Waals surface area contributed by atoms with Crippen LogP contribution in [0.3, 0.4) is 0 Å². The van der Waals surface area contributed by atoms with Gasteiger partial charge in [-0.3, -0.25) is 0 Å². The van der Waals surface area contributed by atoms with E-state index in [1.165, 1.54) is 22.5 Å². The van der Waals surface area contributed by atoms with Gasteiger partial charge in [0.15, 0.2) is 0 Å². The minimum Gasteiger partial charge on any atom is -0.399 e. The van der Waals surface area contributed by atoms with Gasteiger partial charge in [-0.05, 0) is 67.8 Å². The van der Waals surface area contributed by atoms with Crippen molar-refractivity contribution in [2.45, 2.75) is 20.3 Å². The first-order valence-corrected chi connectivity index (χ1v) is 8.27. The minimum atomic E-state index is 0. The normalized spacial score (nSPS) is 13.3. The number of nitrogens with zero attached hydrogens (tertiary/aromatic N) is 2. The number of anilines is 4. The van der Waals surface area contributed by atoms with Crippen LogP contribution in [-0.4, -0.2) is 26.2 Å².